The maximum absolute atomic E-state index is 12.3. The molecule has 0 atom stereocenters. The quantitative estimate of drug-likeness (QED) is 0.743. The van der Waals surface area contributed by atoms with Crippen molar-refractivity contribution in [3.8, 4) is 0 Å². The van der Waals surface area contributed by atoms with E-state index < -0.39 is 0 Å². The molecular formula is C17H21N7O. The third-order valence-corrected chi connectivity index (χ3v) is 4.58. The van der Waals surface area contributed by atoms with Crippen LogP contribution in [0, 0.1) is 6.92 Å². The van der Waals surface area contributed by atoms with Gasteiger partial charge in [-0.3, -0.25) is 4.79 Å². The molecule has 1 amide bonds. The number of imidazole rings is 1. The van der Waals surface area contributed by atoms with E-state index in [1.54, 1.807) is 6.20 Å². The van der Waals surface area contributed by atoms with Crippen LogP contribution in [-0.4, -0.2) is 43.4 Å². The van der Waals surface area contributed by atoms with Crippen LogP contribution in [-0.2, 0) is 6.54 Å². The summed E-state index contributed by atoms with van der Waals surface area (Å²) < 4.78 is 3.77. The number of nitrogens with zero attached hydrogens (tertiary/aromatic N) is 5. The Bertz CT molecular complexity index is 891. The molecule has 8 heteroatoms. The molecule has 0 radical (unpaired) electrons. The van der Waals surface area contributed by atoms with Crippen LogP contribution in [0.3, 0.4) is 0 Å². The number of aromatic nitrogens is 5. The van der Waals surface area contributed by atoms with Gasteiger partial charge in [0.15, 0.2) is 5.69 Å². The van der Waals surface area contributed by atoms with Crippen LogP contribution in [0.25, 0.3) is 5.65 Å². The van der Waals surface area contributed by atoms with Crippen LogP contribution in [0.2, 0.25) is 0 Å². The Morgan fingerprint density at radius 2 is 2.20 bits per heavy atom. The first kappa shape index (κ1) is 15.8. The standard InChI is InChI=1S/C17H21N7O/c1-12-3-2-8-23-10-13(20-16(12)23)9-19-17(25)15-11-24(22-21-15)14-4-6-18-7-5-14/h2-3,8,10-11,14,18H,4-7,9H2,1H3,(H,19,25). The number of carbonyl (C=O) groups is 1. The Morgan fingerprint density at radius 3 is 3.00 bits per heavy atom. The summed E-state index contributed by atoms with van der Waals surface area (Å²) >= 11 is 0. The number of fused-ring (bicyclic) bond motifs is 1. The van der Waals surface area contributed by atoms with Gasteiger partial charge in [-0.1, -0.05) is 11.3 Å². The van der Waals surface area contributed by atoms with Crippen molar-refractivity contribution in [1.82, 2.24) is 35.0 Å². The highest BCUT2D eigenvalue weighted by atomic mass is 16.2. The van der Waals surface area contributed by atoms with Crippen molar-refractivity contribution in [3.63, 3.8) is 0 Å². The highest BCUT2D eigenvalue weighted by molar-refractivity contribution is 5.91. The average molecular weight is 339 g/mol. The zero-order valence-electron chi connectivity index (χ0n) is 14.1. The van der Waals surface area contributed by atoms with Crippen molar-refractivity contribution >= 4 is 11.6 Å². The van der Waals surface area contributed by atoms with E-state index in [1.807, 2.05) is 40.5 Å². The van der Waals surface area contributed by atoms with Gasteiger partial charge in [-0.15, -0.1) is 5.10 Å². The monoisotopic (exact) mass is 339 g/mol. The molecule has 4 heterocycles. The molecule has 3 aromatic heterocycles. The number of nitrogens with one attached hydrogen (secondary N) is 2. The largest absolute Gasteiger partial charge is 0.345 e. The lowest BCUT2D eigenvalue weighted by molar-refractivity contribution is 0.0945. The van der Waals surface area contributed by atoms with Crippen LogP contribution in [0.1, 0.15) is 40.6 Å². The first-order chi connectivity index (χ1) is 12.2. The second-order valence-electron chi connectivity index (χ2n) is 6.40. The summed E-state index contributed by atoms with van der Waals surface area (Å²) in [6, 6.07) is 4.31. The SMILES string of the molecule is Cc1cccn2cc(CNC(=O)c3cn(C4CCNCC4)nn3)nc12. The lowest BCUT2D eigenvalue weighted by atomic mass is 10.1. The van der Waals surface area contributed by atoms with Gasteiger partial charge in [-0.2, -0.15) is 0 Å². The molecule has 1 aliphatic heterocycles. The number of aryl methyl sites for hydroxylation is 1. The number of carbonyl (C=O) groups excluding carboxylic acids is 1. The lowest BCUT2D eigenvalue weighted by Gasteiger charge is -2.22. The van der Waals surface area contributed by atoms with Crippen LogP contribution < -0.4 is 10.6 Å². The molecular weight excluding hydrogens is 318 g/mol. The molecule has 1 fully saturated rings. The van der Waals surface area contributed by atoms with Gasteiger partial charge >= 0.3 is 0 Å². The Morgan fingerprint density at radius 1 is 1.36 bits per heavy atom. The topological polar surface area (TPSA) is 89.1 Å². The summed E-state index contributed by atoms with van der Waals surface area (Å²) in [5.41, 5.74) is 3.17. The van der Waals surface area contributed by atoms with E-state index in [9.17, 15) is 4.79 Å². The molecule has 0 aromatic carbocycles. The van der Waals surface area contributed by atoms with E-state index in [4.69, 9.17) is 0 Å². The molecule has 2 N–H and O–H groups in total. The third kappa shape index (κ3) is 3.25. The minimum absolute atomic E-state index is 0.228. The Hall–Kier alpha value is -2.74. The molecule has 130 valence electrons. The molecule has 25 heavy (non-hydrogen) atoms. The fourth-order valence-electron chi connectivity index (χ4n) is 3.18. The van der Waals surface area contributed by atoms with E-state index >= 15 is 0 Å². The molecule has 4 rings (SSSR count). The van der Waals surface area contributed by atoms with Gasteiger partial charge < -0.3 is 15.0 Å². The number of rotatable bonds is 4. The molecule has 0 bridgehead atoms. The van der Waals surface area contributed by atoms with E-state index in [1.165, 1.54) is 0 Å². The van der Waals surface area contributed by atoms with Crippen LogP contribution in [0.4, 0.5) is 0 Å². The second-order valence-corrected chi connectivity index (χ2v) is 6.40. The summed E-state index contributed by atoms with van der Waals surface area (Å²) in [6.45, 7) is 4.32. The van der Waals surface area contributed by atoms with Gasteiger partial charge in [0.05, 0.1) is 24.5 Å². The summed E-state index contributed by atoms with van der Waals surface area (Å²) in [5, 5.41) is 14.3. The first-order valence-electron chi connectivity index (χ1n) is 8.54. The summed E-state index contributed by atoms with van der Waals surface area (Å²) in [5.74, 6) is -0.228. The van der Waals surface area contributed by atoms with Crippen LogP contribution >= 0.6 is 0 Å². The maximum atomic E-state index is 12.3. The van der Waals surface area contributed by atoms with E-state index in [-0.39, 0.29) is 5.91 Å². The van der Waals surface area contributed by atoms with Gasteiger partial charge in [-0.05, 0) is 44.5 Å². The Balaban J connectivity index is 1.41. The van der Waals surface area contributed by atoms with Crippen LogP contribution in [0.5, 0.6) is 0 Å². The highest BCUT2D eigenvalue weighted by Crippen LogP contribution is 2.17. The van der Waals surface area contributed by atoms with Gasteiger partial charge in [0.1, 0.15) is 5.65 Å². The van der Waals surface area contributed by atoms with Crippen molar-refractivity contribution in [2.45, 2.75) is 32.4 Å². The highest BCUT2D eigenvalue weighted by Gasteiger charge is 2.18. The number of piperidine rings is 1. The number of amides is 1. The smallest absolute Gasteiger partial charge is 0.273 e. The van der Waals surface area contributed by atoms with Gasteiger partial charge in [0, 0.05) is 12.4 Å². The summed E-state index contributed by atoms with van der Waals surface area (Å²) in [4.78, 5) is 16.9. The minimum Gasteiger partial charge on any atom is -0.345 e. The zero-order chi connectivity index (χ0) is 17.2. The van der Waals surface area contributed by atoms with Gasteiger partial charge in [0.25, 0.3) is 5.91 Å². The van der Waals surface area contributed by atoms with Crippen molar-refractivity contribution in [1.29, 1.82) is 0 Å². The lowest BCUT2D eigenvalue weighted by Crippen LogP contribution is -2.29. The Kier molecular flexibility index (Phi) is 4.19. The Labute approximate surface area is 145 Å². The predicted octanol–water partition coefficient (Wildman–Crippen LogP) is 1.09. The molecule has 0 unspecified atom stereocenters. The molecule has 0 aliphatic carbocycles. The van der Waals surface area contributed by atoms with Crippen molar-refractivity contribution < 1.29 is 4.79 Å². The maximum Gasteiger partial charge on any atom is 0.273 e. The number of hydrogen-bond donors (Lipinski definition) is 2. The molecule has 8 nitrogen and oxygen atoms in total. The number of pyridine rings is 1. The predicted molar refractivity (Wildman–Crippen MR) is 92.3 cm³/mol. The van der Waals surface area contributed by atoms with E-state index in [2.05, 4.69) is 25.9 Å². The minimum atomic E-state index is -0.228. The van der Waals surface area contributed by atoms with E-state index in [0.717, 1.165) is 42.8 Å². The zero-order valence-corrected chi connectivity index (χ0v) is 14.1. The average Bonchev–Trinajstić information content (AvgIpc) is 3.28. The van der Waals surface area contributed by atoms with Gasteiger partial charge in [0.2, 0.25) is 0 Å². The summed E-state index contributed by atoms with van der Waals surface area (Å²) in [7, 11) is 0. The van der Waals surface area contributed by atoms with Crippen molar-refractivity contribution in [2.24, 2.45) is 0 Å². The fourth-order valence-corrected chi connectivity index (χ4v) is 3.18. The molecule has 1 saturated heterocycles. The van der Waals surface area contributed by atoms with Gasteiger partial charge in [-0.25, -0.2) is 9.67 Å². The molecule has 0 spiro atoms. The normalized spacial score (nSPS) is 15.6. The third-order valence-electron chi connectivity index (χ3n) is 4.58. The molecule has 0 saturated carbocycles. The van der Waals surface area contributed by atoms with E-state index in [0.29, 0.717) is 18.3 Å². The second kappa shape index (κ2) is 6.64. The summed E-state index contributed by atoms with van der Waals surface area (Å²) in [6.07, 6.45) is 7.62. The van der Waals surface area contributed by atoms with Crippen LogP contribution in [0.15, 0.2) is 30.7 Å². The van der Waals surface area contributed by atoms with Crippen molar-refractivity contribution in [2.75, 3.05) is 13.1 Å². The van der Waals surface area contributed by atoms with Crippen molar-refractivity contribution in [3.05, 3.63) is 47.7 Å². The molecule has 3 aromatic rings. The number of hydrogen-bond acceptors (Lipinski definition) is 5. The fraction of sp³-hybridized carbons (Fsp3) is 0.412. The first-order valence-corrected chi connectivity index (χ1v) is 8.54. The molecule has 1 aliphatic rings.